The SMILES string of the molecule is C[NH+]1CCN(S(=O)(=O)c2cccc(C(=O)N[C@@H]3CCCc4ccccc43)c2)CC1. The second-order valence-corrected chi connectivity index (χ2v) is 9.94. The lowest BCUT2D eigenvalue weighted by molar-refractivity contribution is -0.883. The lowest BCUT2D eigenvalue weighted by atomic mass is 9.87. The van der Waals surface area contributed by atoms with Crippen molar-refractivity contribution in [2.24, 2.45) is 0 Å². The van der Waals surface area contributed by atoms with Crippen molar-refractivity contribution in [1.82, 2.24) is 9.62 Å². The fourth-order valence-corrected chi connectivity index (χ4v) is 5.69. The lowest BCUT2D eigenvalue weighted by Gasteiger charge is -2.29. The molecule has 2 aromatic carbocycles. The van der Waals surface area contributed by atoms with Crippen LogP contribution in [0.25, 0.3) is 0 Å². The predicted octanol–water partition coefficient (Wildman–Crippen LogP) is 1.01. The first-order chi connectivity index (χ1) is 13.9. The summed E-state index contributed by atoms with van der Waals surface area (Å²) in [6, 6.07) is 14.6. The summed E-state index contributed by atoms with van der Waals surface area (Å²) < 4.78 is 27.5. The molecular weight excluding hydrogens is 386 g/mol. The number of benzene rings is 2. The molecular formula is C22H28N3O3S+. The Morgan fingerprint density at radius 3 is 2.66 bits per heavy atom. The maximum absolute atomic E-state index is 13.0. The number of nitrogens with one attached hydrogen (secondary N) is 2. The van der Waals surface area contributed by atoms with Gasteiger partial charge in [-0.05, 0) is 48.6 Å². The highest BCUT2D eigenvalue weighted by molar-refractivity contribution is 7.89. The second-order valence-electron chi connectivity index (χ2n) is 8.01. The summed E-state index contributed by atoms with van der Waals surface area (Å²) in [5, 5.41) is 3.10. The van der Waals surface area contributed by atoms with Crippen molar-refractivity contribution in [2.75, 3.05) is 33.2 Å². The minimum atomic E-state index is -3.58. The van der Waals surface area contributed by atoms with Gasteiger partial charge in [0.15, 0.2) is 0 Å². The summed E-state index contributed by atoms with van der Waals surface area (Å²) in [6.45, 7) is 2.59. The van der Waals surface area contributed by atoms with Crippen LogP contribution in [0.1, 0.15) is 40.4 Å². The molecule has 0 unspecified atom stereocenters. The van der Waals surface area contributed by atoms with Gasteiger partial charge in [-0.1, -0.05) is 30.3 Å². The molecule has 1 amide bonds. The smallest absolute Gasteiger partial charge is 0.251 e. The number of piperazine rings is 1. The molecule has 2 N–H and O–H groups in total. The molecule has 29 heavy (non-hydrogen) atoms. The third kappa shape index (κ3) is 4.22. The third-order valence-electron chi connectivity index (χ3n) is 5.98. The summed E-state index contributed by atoms with van der Waals surface area (Å²) in [4.78, 5) is 14.4. The van der Waals surface area contributed by atoms with Gasteiger partial charge in [0, 0.05) is 5.56 Å². The molecule has 1 saturated heterocycles. The van der Waals surface area contributed by atoms with Crippen LogP contribution in [0.4, 0.5) is 0 Å². The number of aryl methyl sites for hydroxylation is 1. The Kier molecular flexibility index (Phi) is 5.72. The van der Waals surface area contributed by atoms with Gasteiger partial charge in [0.05, 0.1) is 44.2 Å². The zero-order valence-corrected chi connectivity index (χ0v) is 17.5. The zero-order chi connectivity index (χ0) is 20.4. The highest BCUT2D eigenvalue weighted by Crippen LogP contribution is 2.29. The molecule has 154 valence electrons. The van der Waals surface area contributed by atoms with E-state index in [1.165, 1.54) is 20.8 Å². The van der Waals surface area contributed by atoms with Crippen LogP contribution in [-0.4, -0.2) is 51.9 Å². The number of rotatable bonds is 4. The Morgan fingerprint density at radius 1 is 1.10 bits per heavy atom. The van der Waals surface area contributed by atoms with Crippen molar-refractivity contribution in [2.45, 2.75) is 30.2 Å². The molecule has 2 aromatic rings. The van der Waals surface area contributed by atoms with Crippen LogP contribution < -0.4 is 10.2 Å². The fraction of sp³-hybridized carbons (Fsp3) is 0.409. The summed E-state index contributed by atoms with van der Waals surface area (Å²) >= 11 is 0. The average molecular weight is 415 g/mol. The first-order valence-electron chi connectivity index (χ1n) is 10.3. The van der Waals surface area contributed by atoms with Crippen LogP contribution in [0, 0.1) is 0 Å². The van der Waals surface area contributed by atoms with Gasteiger partial charge in [-0.3, -0.25) is 4.79 Å². The quantitative estimate of drug-likeness (QED) is 0.785. The molecule has 6 nitrogen and oxygen atoms in total. The van der Waals surface area contributed by atoms with E-state index < -0.39 is 10.0 Å². The Balaban J connectivity index is 1.52. The molecule has 1 fully saturated rings. The van der Waals surface area contributed by atoms with E-state index in [-0.39, 0.29) is 16.8 Å². The summed E-state index contributed by atoms with van der Waals surface area (Å²) in [7, 11) is -1.52. The first-order valence-corrected chi connectivity index (χ1v) is 11.7. The van der Waals surface area contributed by atoms with Gasteiger partial charge < -0.3 is 10.2 Å². The summed E-state index contributed by atoms with van der Waals surface area (Å²) in [5.41, 5.74) is 2.82. The van der Waals surface area contributed by atoms with E-state index in [4.69, 9.17) is 0 Å². The number of carbonyl (C=O) groups is 1. The molecule has 2 aliphatic rings. The third-order valence-corrected chi connectivity index (χ3v) is 7.88. The Labute approximate surface area is 172 Å². The number of hydrogen-bond donors (Lipinski definition) is 2. The number of fused-ring (bicyclic) bond motifs is 1. The van der Waals surface area contributed by atoms with E-state index in [2.05, 4.69) is 24.5 Å². The monoisotopic (exact) mass is 414 g/mol. The van der Waals surface area contributed by atoms with Gasteiger partial charge in [-0.2, -0.15) is 4.31 Å². The Bertz CT molecular complexity index is 998. The first kappa shape index (κ1) is 20.1. The highest BCUT2D eigenvalue weighted by atomic mass is 32.2. The molecule has 0 radical (unpaired) electrons. The van der Waals surface area contributed by atoms with E-state index in [1.54, 1.807) is 18.2 Å². The molecule has 1 aliphatic heterocycles. The van der Waals surface area contributed by atoms with Gasteiger partial charge in [0.25, 0.3) is 5.91 Å². The number of hydrogen-bond acceptors (Lipinski definition) is 3. The van der Waals surface area contributed by atoms with Crippen molar-refractivity contribution in [1.29, 1.82) is 0 Å². The molecule has 1 atom stereocenters. The van der Waals surface area contributed by atoms with Gasteiger partial charge in [0.2, 0.25) is 10.0 Å². The largest absolute Gasteiger partial charge is 0.345 e. The van der Waals surface area contributed by atoms with Crippen LogP contribution >= 0.6 is 0 Å². The molecule has 0 bridgehead atoms. The van der Waals surface area contributed by atoms with E-state index in [9.17, 15) is 13.2 Å². The number of amides is 1. The van der Waals surface area contributed by atoms with Crippen molar-refractivity contribution in [3.63, 3.8) is 0 Å². The van der Waals surface area contributed by atoms with Crippen molar-refractivity contribution in [3.8, 4) is 0 Å². The van der Waals surface area contributed by atoms with E-state index >= 15 is 0 Å². The second kappa shape index (κ2) is 8.26. The van der Waals surface area contributed by atoms with Crippen molar-refractivity contribution < 1.29 is 18.1 Å². The summed E-state index contributed by atoms with van der Waals surface area (Å²) in [5.74, 6) is -0.230. The van der Waals surface area contributed by atoms with E-state index in [0.717, 1.165) is 37.9 Å². The molecule has 0 spiro atoms. The lowest BCUT2D eigenvalue weighted by Crippen LogP contribution is -3.12. The van der Waals surface area contributed by atoms with Crippen LogP contribution in [0.15, 0.2) is 53.4 Å². The standard InChI is InChI=1S/C22H27N3O3S/c1-24-12-14-25(15-13-24)29(27,28)19-9-4-8-18(16-19)22(26)23-21-11-5-7-17-6-2-3-10-20(17)21/h2-4,6,8-10,16,21H,5,7,11-15H2,1H3,(H,23,26)/p+1/t21-/m1/s1. The number of nitrogens with zero attached hydrogens (tertiary/aromatic N) is 1. The van der Waals surface area contributed by atoms with Crippen LogP contribution in [0.3, 0.4) is 0 Å². The number of quaternary nitrogens is 1. The maximum Gasteiger partial charge on any atom is 0.251 e. The minimum absolute atomic E-state index is 0.0340. The molecule has 1 heterocycles. The van der Waals surface area contributed by atoms with Crippen LogP contribution in [-0.2, 0) is 16.4 Å². The Hall–Kier alpha value is -2.22. The van der Waals surface area contributed by atoms with Gasteiger partial charge >= 0.3 is 0 Å². The van der Waals surface area contributed by atoms with Gasteiger partial charge in [-0.15, -0.1) is 0 Å². The summed E-state index contributed by atoms with van der Waals surface area (Å²) in [6.07, 6.45) is 2.95. The van der Waals surface area contributed by atoms with Crippen LogP contribution in [0.5, 0.6) is 0 Å². The molecule has 0 saturated carbocycles. The van der Waals surface area contributed by atoms with Gasteiger partial charge in [0.1, 0.15) is 0 Å². The molecule has 0 aromatic heterocycles. The minimum Gasteiger partial charge on any atom is -0.345 e. The number of sulfonamides is 1. The van der Waals surface area contributed by atoms with E-state index in [1.807, 2.05) is 12.1 Å². The maximum atomic E-state index is 13.0. The van der Waals surface area contributed by atoms with Crippen LogP contribution in [0.2, 0.25) is 0 Å². The topological polar surface area (TPSA) is 70.9 Å². The average Bonchev–Trinajstić information content (AvgIpc) is 2.74. The fourth-order valence-electron chi connectivity index (χ4n) is 4.20. The normalized spacial score (nSPS) is 20.8. The number of likely N-dealkylation sites (N-methyl/N-ethyl adjacent to an activating group) is 1. The number of carbonyl (C=O) groups excluding carboxylic acids is 1. The van der Waals surface area contributed by atoms with Crippen molar-refractivity contribution >= 4 is 15.9 Å². The molecule has 1 aliphatic carbocycles. The predicted molar refractivity (Wildman–Crippen MR) is 111 cm³/mol. The molecule has 4 rings (SSSR count). The molecule has 7 heteroatoms. The van der Waals surface area contributed by atoms with Gasteiger partial charge in [-0.25, -0.2) is 8.42 Å². The van der Waals surface area contributed by atoms with Crippen molar-refractivity contribution in [3.05, 3.63) is 65.2 Å². The highest BCUT2D eigenvalue weighted by Gasteiger charge is 2.30. The zero-order valence-electron chi connectivity index (χ0n) is 16.7. The van der Waals surface area contributed by atoms with E-state index in [0.29, 0.717) is 18.7 Å². The Morgan fingerprint density at radius 2 is 1.86 bits per heavy atom.